The lowest BCUT2D eigenvalue weighted by molar-refractivity contribution is -0.111. The number of carbonyl (C=O) groups is 1. The standard InChI is InChI=1S/C12H17N3O/c1-9-10(2)14-12(7-13-9)15-5-3-11(8-16)4-6-15/h7-8,11H,3-6H2,1-2H3. The quantitative estimate of drug-likeness (QED) is 0.707. The van der Waals surface area contributed by atoms with Gasteiger partial charge in [-0.3, -0.25) is 4.98 Å². The summed E-state index contributed by atoms with van der Waals surface area (Å²) in [6.07, 6.45) is 4.75. The zero-order chi connectivity index (χ0) is 11.5. The van der Waals surface area contributed by atoms with E-state index in [-0.39, 0.29) is 5.92 Å². The summed E-state index contributed by atoms with van der Waals surface area (Å²) in [5.74, 6) is 1.17. The molecule has 0 radical (unpaired) electrons. The third-order valence-corrected chi connectivity index (χ3v) is 3.24. The van der Waals surface area contributed by atoms with Crippen molar-refractivity contribution in [3.05, 3.63) is 17.6 Å². The van der Waals surface area contributed by atoms with Crippen LogP contribution in [-0.2, 0) is 4.79 Å². The van der Waals surface area contributed by atoms with Crippen molar-refractivity contribution in [3.8, 4) is 0 Å². The fourth-order valence-corrected chi connectivity index (χ4v) is 1.95. The maximum Gasteiger partial charge on any atom is 0.147 e. The van der Waals surface area contributed by atoms with Crippen molar-refractivity contribution >= 4 is 12.1 Å². The molecular formula is C12H17N3O. The lowest BCUT2D eigenvalue weighted by Gasteiger charge is -2.30. The molecule has 0 aromatic carbocycles. The van der Waals surface area contributed by atoms with E-state index >= 15 is 0 Å². The van der Waals surface area contributed by atoms with Crippen LogP contribution in [0.1, 0.15) is 24.2 Å². The van der Waals surface area contributed by atoms with E-state index < -0.39 is 0 Å². The highest BCUT2D eigenvalue weighted by molar-refractivity contribution is 5.54. The molecule has 2 heterocycles. The Morgan fingerprint density at radius 1 is 1.31 bits per heavy atom. The average molecular weight is 219 g/mol. The molecule has 16 heavy (non-hydrogen) atoms. The van der Waals surface area contributed by atoms with Gasteiger partial charge in [-0.05, 0) is 26.7 Å². The lowest BCUT2D eigenvalue weighted by atomic mass is 9.99. The predicted molar refractivity (Wildman–Crippen MR) is 62.5 cm³/mol. The number of rotatable bonds is 2. The van der Waals surface area contributed by atoms with Crippen LogP contribution < -0.4 is 4.90 Å². The number of aromatic nitrogens is 2. The van der Waals surface area contributed by atoms with E-state index in [0.29, 0.717) is 0 Å². The summed E-state index contributed by atoms with van der Waals surface area (Å²) in [5, 5.41) is 0. The van der Waals surface area contributed by atoms with E-state index in [1.165, 1.54) is 0 Å². The van der Waals surface area contributed by atoms with E-state index in [0.717, 1.165) is 49.4 Å². The Morgan fingerprint density at radius 3 is 2.56 bits per heavy atom. The SMILES string of the molecule is Cc1ncc(N2CCC(C=O)CC2)nc1C. The van der Waals surface area contributed by atoms with Crippen LogP contribution in [-0.4, -0.2) is 29.3 Å². The van der Waals surface area contributed by atoms with Crippen molar-refractivity contribution in [3.63, 3.8) is 0 Å². The first-order valence-electron chi connectivity index (χ1n) is 5.71. The van der Waals surface area contributed by atoms with Gasteiger partial charge in [0.25, 0.3) is 0 Å². The topological polar surface area (TPSA) is 46.1 Å². The molecule has 1 fully saturated rings. The molecule has 0 amide bonds. The molecule has 86 valence electrons. The smallest absolute Gasteiger partial charge is 0.147 e. The molecule has 0 atom stereocenters. The van der Waals surface area contributed by atoms with Gasteiger partial charge >= 0.3 is 0 Å². The van der Waals surface area contributed by atoms with Crippen LogP contribution in [0.2, 0.25) is 0 Å². The van der Waals surface area contributed by atoms with Crippen LogP contribution >= 0.6 is 0 Å². The van der Waals surface area contributed by atoms with E-state index in [9.17, 15) is 4.79 Å². The van der Waals surface area contributed by atoms with Crippen molar-refractivity contribution in [2.24, 2.45) is 5.92 Å². The highest BCUT2D eigenvalue weighted by atomic mass is 16.1. The Morgan fingerprint density at radius 2 is 2.00 bits per heavy atom. The molecule has 0 aliphatic carbocycles. The minimum absolute atomic E-state index is 0.232. The highest BCUT2D eigenvalue weighted by Gasteiger charge is 2.19. The Bertz CT molecular complexity index is 384. The van der Waals surface area contributed by atoms with Crippen LogP contribution in [0.15, 0.2) is 6.20 Å². The maximum absolute atomic E-state index is 10.7. The summed E-state index contributed by atoms with van der Waals surface area (Å²) in [7, 11) is 0. The summed E-state index contributed by atoms with van der Waals surface area (Å²) >= 11 is 0. The molecule has 1 aromatic rings. The van der Waals surface area contributed by atoms with Crippen LogP contribution in [0.5, 0.6) is 0 Å². The first-order valence-corrected chi connectivity index (χ1v) is 5.71. The maximum atomic E-state index is 10.7. The molecule has 0 N–H and O–H groups in total. The monoisotopic (exact) mass is 219 g/mol. The molecule has 0 saturated carbocycles. The minimum atomic E-state index is 0.232. The molecule has 2 rings (SSSR count). The van der Waals surface area contributed by atoms with Gasteiger partial charge in [-0.25, -0.2) is 4.98 Å². The lowest BCUT2D eigenvalue weighted by Crippen LogP contribution is -2.34. The molecule has 4 heteroatoms. The van der Waals surface area contributed by atoms with Crippen molar-refractivity contribution in [1.82, 2.24) is 9.97 Å². The van der Waals surface area contributed by atoms with Gasteiger partial charge in [0.15, 0.2) is 0 Å². The Labute approximate surface area is 95.7 Å². The third kappa shape index (κ3) is 2.21. The number of aldehydes is 1. The van der Waals surface area contributed by atoms with Crippen LogP contribution in [0.25, 0.3) is 0 Å². The molecule has 1 saturated heterocycles. The van der Waals surface area contributed by atoms with Gasteiger partial charge in [0.1, 0.15) is 12.1 Å². The van der Waals surface area contributed by atoms with Gasteiger partial charge in [0, 0.05) is 19.0 Å². The normalized spacial score (nSPS) is 17.5. The summed E-state index contributed by atoms with van der Waals surface area (Å²) in [5.41, 5.74) is 1.96. The number of piperidine rings is 1. The van der Waals surface area contributed by atoms with Gasteiger partial charge in [-0.2, -0.15) is 0 Å². The van der Waals surface area contributed by atoms with Crippen molar-refractivity contribution in [1.29, 1.82) is 0 Å². The minimum Gasteiger partial charge on any atom is -0.355 e. The van der Waals surface area contributed by atoms with Crippen LogP contribution in [0, 0.1) is 19.8 Å². The summed E-state index contributed by atoms with van der Waals surface area (Å²) in [6, 6.07) is 0. The molecule has 1 aliphatic rings. The van der Waals surface area contributed by atoms with Crippen molar-refractivity contribution in [2.75, 3.05) is 18.0 Å². The Balaban J connectivity index is 2.08. The molecule has 4 nitrogen and oxygen atoms in total. The number of anilines is 1. The molecular weight excluding hydrogens is 202 g/mol. The molecule has 1 aliphatic heterocycles. The first-order chi connectivity index (χ1) is 7.70. The van der Waals surface area contributed by atoms with Crippen LogP contribution in [0.3, 0.4) is 0 Å². The van der Waals surface area contributed by atoms with Gasteiger partial charge < -0.3 is 9.69 Å². The highest BCUT2D eigenvalue weighted by Crippen LogP contribution is 2.20. The average Bonchev–Trinajstić information content (AvgIpc) is 2.33. The number of carbonyl (C=O) groups excluding carboxylic acids is 1. The molecule has 0 unspecified atom stereocenters. The van der Waals surface area contributed by atoms with E-state index in [4.69, 9.17) is 0 Å². The summed E-state index contributed by atoms with van der Waals surface area (Å²) in [4.78, 5) is 21.7. The van der Waals surface area contributed by atoms with E-state index in [2.05, 4.69) is 14.9 Å². The Hall–Kier alpha value is -1.45. The molecule has 0 bridgehead atoms. The second kappa shape index (κ2) is 4.60. The number of hydrogen-bond donors (Lipinski definition) is 0. The number of aryl methyl sites for hydroxylation is 2. The van der Waals surface area contributed by atoms with Gasteiger partial charge in [-0.15, -0.1) is 0 Å². The summed E-state index contributed by atoms with van der Waals surface area (Å²) < 4.78 is 0. The fourth-order valence-electron chi connectivity index (χ4n) is 1.95. The van der Waals surface area contributed by atoms with Gasteiger partial charge in [0.05, 0.1) is 17.6 Å². The molecule has 0 spiro atoms. The fraction of sp³-hybridized carbons (Fsp3) is 0.583. The van der Waals surface area contributed by atoms with Crippen molar-refractivity contribution < 1.29 is 4.79 Å². The predicted octanol–water partition coefficient (Wildman–Crippen LogP) is 1.51. The zero-order valence-electron chi connectivity index (χ0n) is 9.81. The number of hydrogen-bond acceptors (Lipinski definition) is 4. The third-order valence-electron chi connectivity index (χ3n) is 3.24. The van der Waals surface area contributed by atoms with Crippen LogP contribution in [0.4, 0.5) is 5.82 Å². The largest absolute Gasteiger partial charge is 0.355 e. The zero-order valence-corrected chi connectivity index (χ0v) is 9.81. The van der Waals surface area contributed by atoms with Gasteiger partial charge in [0.2, 0.25) is 0 Å². The molecule has 1 aromatic heterocycles. The van der Waals surface area contributed by atoms with Gasteiger partial charge in [-0.1, -0.05) is 0 Å². The second-order valence-electron chi connectivity index (χ2n) is 4.36. The van der Waals surface area contributed by atoms with E-state index in [1.54, 1.807) is 0 Å². The first kappa shape index (κ1) is 11.0. The number of nitrogens with zero attached hydrogens (tertiary/aromatic N) is 3. The summed E-state index contributed by atoms with van der Waals surface area (Å²) in [6.45, 7) is 5.75. The van der Waals surface area contributed by atoms with E-state index in [1.807, 2.05) is 20.0 Å². The Kier molecular flexibility index (Phi) is 3.17. The second-order valence-corrected chi connectivity index (χ2v) is 4.36. The van der Waals surface area contributed by atoms with Crippen molar-refractivity contribution in [2.45, 2.75) is 26.7 Å².